The number of benzene rings is 2. The molecule has 0 radical (unpaired) electrons. The molecule has 4 heteroatoms. The smallest absolute Gasteiger partial charge is 0.161 e. The second-order valence-corrected chi connectivity index (χ2v) is 4.32. The summed E-state index contributed by atoms with van der Waals surface area (Å²) in [7, 11) is 0. The molecular weight excluding hydrogens is 240 g/mol. The van der Waals surface area contributed by atoms with Crippen LogP contribution in [-0.4, -0.2) is 13.2 Å². The summed E-state index contributed by atoms with van der Waals surface area (Å²) in [5.41, 5.74) is 8.52. The number of hydrogen-bond donors (Lipinski definition) is 2. The fourth-order valence-electron chi connectivity index (χ4n) is 1.97. The van der Waals surface area contributed by atoms with Gasteiger partial charge in [0.25, 0.3) is 0 Å². The highest BCUT2D eigenvalue weighted by Gasteiger charge is 2.11. The zero-order chi connectivity index (χ0) is 12.9. The van der Waals surface area contributed by atoms with Crippen molar-refractivity contribution in [3.63, 3.8) is 0 Å². The molecule has 0 bridgehead atoms. The molecule has 0 saturated heterocycles. The van der Waals surface area contributed by atoms with E-state index in [0.29, 0.717) is 19.8 Å². The number of fused-ring (bicyclic) bond motifs is 1. The molecule has 19 heavy (non-hydrogen) atoms. The Kier molecular flexibility index (Phi) is 3.51. The third-order valence-corrected chi connectivity index (χ3v) is 2.91. The van der Waals surface area contributed by atoms with Crippen LogP contribution in [0.3, 0.4) is 0 Å². The van der Waals surface area contributed by atoms with Crippen molar-refractivity contribution in [1.82, 2.24) is 5.43 Å². The summed E-state index contributed by atoms with van der Waals surface area (Å²) in [5, 5.41) is 0. The zero-order valence-electron chi connectivity index (χ0n) is 10.6. The highest BCUT2D eigenvalue weighted by atomic mass is 16.6. The van der Waals surface area contributed by atoms with Crippen LogP contribution in [0.25, 0.3) is 0 Å². The molecule has 2 aromatic carbocycles. The Morgan fingerprint density at radius 3 is 2.53 bits per heavy atom. The van der Waals surface area contributed by atoms with Gasteiger partial charge in [0.1, 0.15) is 13.2 Å². The second kappa shape index (κ2) is 5.63. The first-order valence-electron chi connectivity index (χ1n) is 6.34. The molecule has 0 aliphatic carbocycles. The second-order valence-electron chi connectivity index (χ2n) is 4.32. The third kappa shape index (κ3) is 2.98. The SMILES string of the molecule is c1ccc(NNCc2ccc3c(c2)OCCO3)cc1. The van der Waals surface area contributed by atoms with Gasteiger partial charge in [0.2, 0.25) is 0 Å². The fraction of sp³-hybridized carbons (Fsp3) is 0.200. The van der Waals surface area contributed by atoms with E-state index in [1.807, 2.05) is 48.5 Å². The standard InChI is InChI=1S/C15H16N2O2/c1-2-4-13(5-3-1)17-16-11-12-6-7-14-15(10-12)19-9-8-18-14/h1-7,10,16-17H,8-9,11H2. The monoisotopic (exact) mass is 256 g/mol. The molecule has 0 saturated carbocycles. The number of ether oxygens (including phenoxy) is 2. The molecular formula is C15H16N2O2. The lowest BCUT2D eigenvalue weighted by Gasteiger charge is -2.19. The maximum Gasteiger partial charge on any atom is 0.161 e. The molecule has 0 unspecified atom stereocenters. The van der Waals surface area contributed by atoms with Gasteiger partial charge in [0.15, 0.2) is 11.5 Å². The lowest BCUT2D eigenvalue weighted by atomic mass is 10.2. The quantitative estimate of drug-likeness (QED) is 0.825. The van der Waals surface area contributed by atoms with Crippen molar-refractivity contribution in [3.8, 4) is 11.5 Å². The van der Waals surface area contributed by atoms with Gasteiger partial charge < -0.3 is 14.9 Å². The van der Waals surface area contributed by atoms with E-state index in [1.54, 1.807) is 0 Å². The molecule has 1 aliphatic heterocycles. The Hall–Kier alpha value is -2.20. The topological polar surface area (TPSA) is 42.5 Å². The number of anilines is 1. The minimum Gasteiger partial charge on any atom is -0.486 e. The van der Waals surface area contributed by atoms with Gasteiger partial charge in [0.05, 0.1) is 0 Å². The van der Waals surface area contributed by atoms with Crippen LogP contribution in [0.2, 0.25) is 0 Å². The number of rotatable bonds is 4. The van der Waals surface area contributed by atoms with E-state index < -0.39 is 0 Å². The number of hydrazine groups is 1. The lowest BCUT2D eigenvalue weighted by Crippen LogP contribution is -2.21. The average Bonchev–Trinajstić information content (AvgIpc) is 2.48. The normalized spacial score (nSPS) is 13.1. The van der Waals surface area contributed by atoms with Crippen LogP contribution in [0, 0.1) is 0 Å². The molecule has 0 spiro atoms. The van der Waals surface area contributed by atoms with Crippen molar-refractivity contribution in [2.45, 2.75) is 6.54 Å². The largest absolute Gasteiger partial charge is 0.486 e. The van der Waals surface area contributed by atoms with Gasteiger partial charge in [-0.1, -0.05) is 24.3 Å². The van der Waals surface area contributed by atoms with Gasteiger partial charge in [-0.15, -0.1) is 0 Å². The molecule has 3 rings (SSSR count). The van der Waals surface area contributed by atoms with Gasteiger partial charge in [-0.05, 0) is 29.8 Å². The zero-order valence-corrected chi connectivity index (χ0v) is 10.6. The molecule has 98 valence electrons. The summed E-state index contributed by atoms with van der Waals surface area (Å²) in [6.07, 6.45) is 0. The Morgan fingerprint density at radius 2 is 1.68 bits per heavy atom. The van der Waals surface area contributed by atoms with E-state index in [2.05, 4.69) is 10.9 Å². The summed E-state index contributed by atoms with van der Waals surface area (Å²) in [4.78, 5) is 0. The predicted molar refractivity (Wildman–Crippen MR) is 74.3 cm³/mol. The minimum atomic E-state index is 0.617. The first-order valence-corrected chi connectivity index (χ1v) is 6.34. The van der Waals surface area contributed by atoms with Gasteiger partial charge in [-0.25, -0.2) is 5.43 Å². The van der Waals surface area contributed by atoms with Crippen molar-refractivity contribution in [1.29, 1.82) is 0 Å². The van der Waals surface area contributed by atoms with Crippen LogP contribution in [0.1, 0.15) is 5.56 Å². The van der Waals surface area contributed by atoms with E-state index >= 15 is 0 Å². The van der Waals surface area contributed by atoms with Gasteiger partial charge >= 0.3 is 0 Å². The summed E-state index contributed by atoms with van der Waals surface area (Å²) in [6, 6.07) is 16.0. The molecule has 0 aromatic heterocycles. The molecule has 0 atom stereocenters. The Labute approximate surface area is 112 Å². The van der Waals surface area contributed by atoms with E-state index in [4.69, 9.17) is 9.47 Å². The molecule has 1 heterocycles. The Balaban J connectivity index is 1.58. The first-order chi connectivity index (χ1) is 9.42. The van der Waals surface area contributed by atoms with Crippen LogP contribution in [0.4, 0.5) is 5.69 Å². The first kappa shape index (κ1) is 11.9. The summed E-state index contributed by atoms with van der Waals surface area (Å²) >= 11 is 0. The maximum absolute atomic E-state index is 5.56. The van der Waals surface area contributed by atoms with Gasteiger partial charge in [-0.3, -0.25) is 0 Å². The third-order valence-electron chi connectivity index (χ3n) is 2.91. The van der Waals surface area contributed by atoms with Crippen molar-refractivity contribution in [2.75, 3.05) is 18.6 Å². The predicted octanol–water partition coefficient (Wildman–Crippen LogP) is 2.57. The van der Waals surface area contributed by atoms with E-state index in [-0.39, 0.29) is 0 Å². The van der Waals surface area contributed by atoms with Crippen LogP contribution < -0.4 is 20.3 Å². The summed E-state index contributed by atoms with van der Waals surface area (Å²) in [6.45, 7) is 1.96. The maximum atomic E-state index is 5.56. The van der Waals surface area contributed by atoms with Crippen LogP contribution in [0.15, 0.2) is 48.5 Å². The van der Waals surface area contributed by atoms with Crippen molar-refractivity contribution >= 4 is 5.69 Å². The van der Waals surface area contributed by atoms with Crippen molar-refractivity contribution in [3.05, 3.63) is 54.1 Å². The van der Waals surface area contributed by atoms with E-state index in [9.17, 15) is 0 Å². The molecule has 4 nitrogen and oxygen atoms in total. The van der Waals surface area contributed by atoms with Crippen LogP contribution in [-0.2, 0) is 6.54 Å². The molecule has 2 aromatic rings. The Bertz CT molecular complexity index is 543. The lowest BCUT2D eigenvalue weighted by molar-refractivity contribution is 0.171. The van der Waals surface area contributed by atoms with Crippen LogP contribution in [0.5, 0.6) is 11.5 Å². The number of para-hydroxylation sites is 1. The van der Waals surface area contributed by atoms with E-state index in [0.717, 1.165) is 22.7 Å². The molecule has 2 N–H and O–H groups in total. The molecule has 1 aliphatic rings. The summed E-state index contributed by atoms with van der Waals surface area (Å²) in [5.74, 6) is 1.65. The average molecular weight is 256 g/mol. The van der Waals surface area contributed by atoms with Crippen molar-refractivity contribution < 1.29 is 9.47 Å². The number of hydrogen-bond acceptors (Lipinski definition) is 4. The van der Waals surface area contributed by atoms with Gasteiger partial charge in [-0.2, -0.15) is 0 Å². The van der Waals surface area contributed by atoms with Gasteiger partial charge in [0, 0.05) is 12.2 Å². The molecule has 0 amide bonds. The Morgan fingerprint density at radius 1 is 0.895 bits per heavy atom. The highest BCUT2D eigenvalue weighted by Crippen LogP contribution is 2.30. The fourth-order valence-corrected chi connectivity index (χ4v) is 1.97. The van der Waals surface area contributed by atoms with Crippen LogP contribution >= 0.6 is 0 Å². The molecule has 0 fully saturated rings. The minimum absolute atomic E-state index is 0.617. The summed E-state index contributed by atoms with van der Waals surface area (Å²) < 4.78 is 11.0. The van der Waals surface area contributed by atoms with E-state index in [1.165, 1.54) is 0 Å². The highest BCUT2D eigenvalue weighted by molar-refractivity contribution is 5.44. The number of nitrogens with one attached hydrogen (secondary N) is 2. The van der Waals surface area contributed by atoms with Crippen molar-refractivity contribution in [2.24, 2.45) is 0 Å².